The van der Waals surface area contributed by atoms with Gasteiger partial charge < -0.3 is 0 Å². The lowest BCUT2D eigenvalue weighted by atomic mass is 9.86. The van der Waals surface area contributed by atoms with E-state index >= 15 is 0 Å². The van der Waals surface area contributed by atoms with Crippen LogP contribution in [0.25, 0.3) is 0 Å². The van der Waals surface area contributed by atoms with E-state index in [9.17, 15) is 5.26 Å². The number of nitrogens with zero attached hydrogens (tertiary/aromatic N) is 1. The summed E-state index contributed by atoms with van der Waals surface area (Å²) < 4.78 is 0. The fraction of sp³-hybridized carbons (Fsp3) is 0.533. The average Bonchev–Trinajstić information content (AvgIpc) is 2.81. The molecule has 90 valence electrons. The van der Waals surface area contributed by atoms with Crippen molar-refractivity contribution >= 4 is 0 Å². The van der Waals surface area contributed by atoms with Crippen LogP contribution in [0.3, 0.4) is 0 Å². The van der Waals surface area contributed by atoms with E-state index in [4.69, 9.17) is 0 Å². The third-order valence-corrected chi connectivity index (χ3v) is 3.96. The molecule has 0 saturated heterocycles. The van der Waals surface area contributed by atoms with Crippen molar-refractivity contribution in [2.45, 2.75) is 44.7 Å². The Kier molecular flexibility index (Phi) is 3.81. The summed E-state index contributed by atoms with van der Waals surface area (Å²) in [5.41, 5.74) is 0.966. The highest BCUT2D eigenvalue weighted by Crippen LogP contribution is 2.37. The van der Waals surface area contributed by atoms with Crippen LogP contribution in [0.4, 0.5) is 0 Å². The van der Waals surface area contributed by atoms with E-state index in [0.717, 1.165) is 19.4 Å². The van der Waals surface area contributed by atoms with Crippen LogP contribution in [-0.2, 0) is 6.54 Å². The molecule has 0 amide bonds. The van der Waals surface area contributed by atoms with Gasteiger partial charge in [0.05, 0.1) is 6.07 Å². The zero-order chi connectivity index (χ0) is 12.1. The van der Waals surface area contributed by atoms with Crippen LogP contribution in [0.1, 0.15) is 38.2 Å². The molecule has 2 atom stereocenters. The summed E-state index contributed by atoms with van der Waals surface area (Å²) in [7, 11) is 0. The van der Waals surface area contributed by atoms with Gasteiger partial charge in [0.1, 0.15) is 5.54 Å². The van der Waals surface area contributed by atoms with E-state index in [1.54, 1.807) is 0 Å². The quantitative estimate of drug-likeness (QED) is 0.858. The van der Waals surface area contributed by atoms with Crippen molar-refractivity contribution < 1.29 is 0 Å². The fourth-order valence-corrected chi connectivity index (χ4v) is 2.91. The molecule has 1 aromatic carbocycles. The number of benzene rings is 1. The van der Waals surface area contributed by atoms with Crippen molar-refractivity contribution in [2.75, 3.05) is 0 Å². The van der Waals surface area contributed by atoms with E-state index in [0.29, 0.717) is 5.92 Å². The minimum absolute atomic E-state index is 0.287. The van der Waals surface area contributed by atoms with Crippen LogP contribution in [0, 0.1) is 17.2 Å². The van der Waals surface area contributed by atoms with E-state index in [1.165, 1.54) is 18.4 Å². The molecule has 1 N–H and O–H groups in total. The first-order chi connectivity index (χ1) is 8.30. The maximum absolute atomic E-state index is 9.48. The van der Waals surface area contributed by atoms with Crippen molar-refractivity contribution in [1.82, 2.24) is 5.32 Å². The maximum Gasteiger partial charge on any atom is 0.109 e. The second-order valence-corrected chi connectivity index (χ2v) is 4.92. The largest absolute Gasteiger partial charge is 0.295 e. The first-order valence-corrected chi connectivity index (χ1v) is 6.51. The van der Waals surface area contributed by atoms with Crippen LogP contribution in [-0.4, -0.2) is 5.54 Å². The van der Waals surface area contributed by atoms with E-state index < -0.39 is 0 Å². The maximum atomic E-state index is 9.48. The van der Waals surface area contributed by atoms with Crippen LogP contribution < -0.4 is 5.32 Å². The van der Waals surface area contributed by atoms with Gasteiger partial charge in [0.25, 0.3) is 0 Å². The van der Waals surface area contributed by atoms with Crippen molar-refractivity contribution in [1.29, 1.82) is 5.26 Å². The molecule has 17 heavy (non-hydrogen) atoms. The Bertz CT molecular complexity index is 393. The Morgan fingerprint density at radius 3 is 2.82 bits per heavy atom. The van der Waals surface area contributed by atoms with Gasteiger partial charge in [0, 0.05) is 6.54 Å². The van der Waals surface area contributed by atoms with Crippen LogP contribution in [0.15, 0.2) is 30.3 Å². The number of hydrogen-bond acceptors (Lipinski definition) is 2. The monoisotopic (exact) mass is 228 g/mol. The number of nitrogens with one attached hydrogen (secondary N) is 1. The molecule has 2 nitrogen and oxygen atoms in total. The minimum Gasteiger partial charge on any atom is -0.295 e. The lowest BCUT2D eigenvalue weighted by Gasteiger charge is -2.29. The van der Waals surface area contributed by atoms with Crippen LogP contribution in [0.2, 0.25) is 0 Å². The number of rotatable bonds is 4. The van der Waals surface area contributed by atoms with Crippen molar-refractivity contribution in [3.05, 3.63) is 35.9 Å². The molecule has 0 radical (unpaired) electrons. The molecule has 2 rings (SSSR count). The third-order valence-electron chi connectivity index (χ3n) is 3.96. The third kappa shape index (κ3) is 2.50. The molecule has 2 unspecified atom stereocenters. The highest BCUT2D eigenvalue weighted by molar-refractivity contribution is 5.18. The summed E-state index contributed by atoms with van der Waals surface area (Å²) in [6.07, 6.45) is 4.45. The molecule has 1 aliphatic carbocycles. The second kappa shape index (κ2) is 5.33. The van der Waals surface area contributed by atoms with Gasteiger partial charge >= 0.3 is 0 Å². The summed E-state index contributed by atoms with van der Waals surface area (Å²) in [5.74, 6) is 0.510. The van der Waals surface area contributed by atoms with Gasteiger partial charge in [-0.25, -0.2) is 0 Å². The summed E-state index contributed by atoms with van der Waals surface area (Å²) in [6.45, 7) is 2.98. The summed E-state index contributed by atoms with van der Waals surface area (Å²) >= 11 is 0. The zero-order valence-electron chi connectivity index (χ0n) is 10.4. The fourth-order valence-electron chi connectivity index (χ4n) is 2.91. The average molecular weight is 228 g/mol. The van der Waals surface area contributed by atoms with Gasteiger partial charge in [0.15, 0.2) is 0 Å². The normalized spacial score (nSPS) is 27.9. The standard InChI is InChI=1S/C15H20N2/c1-2-14-9-6-10-15(14,12-16)17-11-13-7-4-3-5-8-13/h3-5,7-8,14,17H,2,6,9-11H2,1H3. The molecular weight excluding hydrogens is 208 g/mol. The highest BCUT2D eigenvalue weighted by Gasteiger charge is 2.41. The van der Waals surface area contributed by atoms with E-state index in [-0.39, 0.29) is 5.54 Å². The van der Waals surface area contributed by atoms with Crippen molar-refractivity contribution in [3.63, 3.8) is 0 Å². The first kappa shape index (κ1) is 12.1. The first-order valence-electron chi connectivity index (χ1n) is 6.51. The summed E-state index contributed by atoms with van der Waals surface area (Å²) in [5, 5.41) is 13.0. The smallest absolute Gasteiger partial charge is 0.109 e. The molecule has 0 aliphatic heterocycles. The van der Waals surface area contributed by atoms with Gasteiger partial charge in [0.2, 0.25) is 0 Å². The molecule has 0 heterocycles. The van der Waals surface area contributed by atoms with Gasteiger partial charge in [-0.2, -0.15) is 5.26 Å². The molecule has 0 bridgehead atoms. The molecular formula is C15H20N2. The second-order valence-electron chi connectivity index (χ2n) is 4.92. The van der Waals surface area contributed by atoms with Crippen LogP contribution in [0.5, 0.6) is 0 Å². The number of hydrogen-bond donors (Lipinski definition) is 1. The van der Waals surface area contributed by atoms with Gasteiger partial charge in [-0.1, -0.05) is 50.1 Å². The van der Waals surface area contributed by atoms with E-state index in [2.05, 4.69) is 30.4 Å². The molecule has 0 aromatic heterocycles. The Hall–Kier alpha value is -1.33. The highest BCUT2D eigenvalue weighted by atomic mass is 15.0. The Balaban J connectivity index is 2.03. The lowest BCUT2D eigenvalue weighted by Crippen LogP contribution is -2.46. The Morgan fingerprint density at radius 2 is 2.18 bits per heavy atom. The topological polar surface area (TPSA) is 35.8 Å². The molecule has 1 saturated carbocycles. The predicted octanol–water partition coefficient (Wildman–Crippen LogP) is 3.25. The van der Waals surface area contributed by atoms with Crippen molar-refractivity contribution in [2.24, 2.45) is 5.92 Å². The van der Waals surface area contributed by atoms with Gasteiger partial charge in [-0.3, -0.25) is 5.32 Å². The molecule has 1 fully saturated rings. The summed E-state index contributed by atoms with van der Waals surface area (Å²) in [4.78, 5) is 0. The Labute approximate surface area is 104 Å². The van der Waals surface area contributed by atoms with Crippen LogP contribution >= 0.6 is 0 Å². The molecule has 0 spiro atoms. The van der Waals surface area contributed by atoms with Gasteiger partial charge in [-0.05, 0) is 24.3 Å². The van der Waals surface area contributed by atoms with Crippen molar-refractivity contribution in [3.8, 4) is 6.07 Å². The minimum atomic E-state index is -0.287. The van der Waals surface area contributed by atoms with E-state index in [1.807, 2.05) is 18.2 Å². The molecule has 1 aliphatic rings. The summed E-state index contributed by atoms with van der Waals surface area (Å²) in [6, 6.07) is 12.9. The molecule has 1 aromatic rings. The SMILES string of the molecule is CCC1CCCC1(C#N)NCc1ccccc1. The lowest BCUT2D eigenvalue weighted by molar-refractivity contribution is 0.307. The predicted molar refractivity (Wildman–Crippen MR) is 69.3 cm³/mol. The number of nitriles is 1. The van der Waals surface area contributed by atoms with Gasteiger partial charge in [-0.15, -0.1) is 0 Å². The molecule has 2 heteroatoms. The zero-order valence-corrected chi connectivity index (χ0v) is 10.4. The Morgan fingerprint density at radius 1 is 1.41 bits per heavy atom.